The molecule has 2 rings (SSSR count). The number of likely N-dealkylation sites (N-methyl/N-ethyl adjacent to an activating group) is 1. The number of nitrogens with one attached hydrogen (secondary N) is 1. The number of hydrazone groups is 1. The molecular weight excluding hydrogens is 250 g/mol. The fraction of sp³-hybridized carbons (Fsp3) is 0.333. The molecule has 0 aliphatic carbocycles. The largest absolute Gasteiger partial charge is 0.496 e. The Labute approximate surface area is 110 Å². The first kappa shape index (κ1) is 12.8. The van der Waals surface area contributed by atoms with E-state index >= 15 is 0 Å². The molecule has 0 unspecified atom stereocenters. The van der Waals surface area contributed by atoms with Crippen molar-refractivity contribution < 1.29 is 9.53 Å². The van der Waals surface area contributed by atoms with E-state index < -0.39 is 0 Å². The average molecular weight is 265 g/mol. The molecule has 5 nitrogen and oxygen atoms in total. The number of carbonyl (C=O) groups is 1. The zero-order valence-electron chi connectivity index (χ0n) is 10.6. The number of carbonyl (C=O) groups excluding carboxylic acids is 1. The second-order valence-corrected chi connectivity index (χ2v) is 4.77. The first-order valence-electron chi connectivity index (χ1n) is 5.45. The molecule has 6 heteroatoms. The van der Waals surface area contributed by atoms with Crippen molar-refractivity contribution in [3.05, 3.63) is 23.8 Å². The van der Waals surface area contributed by atoms with Gasteiger partial charge < -0.3 is 9.64 Å². The highest BCUT2D eigenvalue weighted by Gasteiger charge is 2.21. The van der Waals surface area contributed by atoms with Gasteiger partial charge in [0.2, 0.25) is 0 Å². The maximum atomic E-state index is 11.2. The highest BCUT2D eigenvalue weighted by Crippen LogP contribution is 2.26. The quantitative estimate of drug-likeness (QED) is 0.833. The first-order valence-corrected chi connectivity index (χ1v) is 6.68. The highest BCUT2D eigenvalue weighted by atomic mass is 32.2. The van der Waals surface area contributed by atoms with Gasteiger partial charge >= 0.3 is 0 Å². The van der Waals surface area contributed by atoms with Crippen LogP contribution in [0.15, 0.2) is 28.2 Å². The molecule has 1 N–H and O–H groups in total. The van der Waals surface area contributed by atoms with Crippen molar-refractivity contribution in [2.45, 2.75) is 4.90 Å². The van der Waals surface area contributed by atoms with Gasteiger partial charge in [-0.3, -0.25) is 4.79 Å². The molecular formula is C12H15N3O2S. The number of hydrogen-bond donors (Lipinski definition) is 1. The van der Waals surface area contributed by atoms with Crippen LogP contribution in [-0.4, -0.2) is 43.6 Å². The smallest absolute Gasteiger partial charge is 0.259 e. The molecule has 0 saturated heterocycles. The van der Waals surface area contributed by atoms with E-state index in [4.69, 9.17) is 4.74 Å². The van der Waals surface area contributed by atoms with E-state index in [1.807, 2.05) is 31.5 Å². The van der Waals surface area contributed by atoms with Crippen LogP contribution in [-0.2, 0) is 4.79 Å². The SMILES string of the molecule is COc1cc(SC)ccc1C1=NNC(=O)CN1C. The molecule has 1 aromatic carbocycles. The minimum Gasteiger partial charge on any atom is -0.496 e. The normalized spacial score (nSPS) is 15.2. The zero-order chi connectivity index (χ0) is 13.1. The van der Waals surface area contributed by atoms with E-state index in [0.29, 0.717) is 12.4 Å². The summed E-state index contributed by atoms with van der Waals surface area (Å²) < 4.78 is 5.38. The lowest BCUT2D eigenvalue weighted by molar-refractivity contribution is -0.121. The van der Waals surface area contributed by atoms with Crippen LogP contribution in [0.5, 0.6) is 5.75 Å². The Morgan fingerprint density at radius 1 is 1.50 bits per heavy atom. The van der Waals surface area contributed by atoms with Gasteiger partial charge in [0.1, 0.15) is 5.75 Å². The van der Waals surface area contributed by atoms with Crippen molar-refractivity contribution >= 4 is 23.5 Å². The molecule has 1 heterocycles. The second-order valence-electron chi connectivity index (χ2n) is 3.89. The number of ether oxygens (including phenoxy) is 1. The molecule has 0 bridgehead atoms. The van der Waals surface area contributed by atoms with Gasteiger partial charge in [0, 0.05) is 11.9 Å². The van der Waals surface area contributed by atoms with Gasteiger partial charge in [-0.1, -0.05) is 0 Å². The molecule has 0 aromatic heterocycles. The molecule has 0 radical (unpaired) electrons. The predicted octanol–water partition coefficient (Wildman–Crippen LogP) is 1.14. The maximum absolute atomic E-state index is 11.2. The van der Waals surface area contributed by atoms with Crippen molar-refractivity contribution in [1.82, 2.24) is 10.3 Å². The third-order valence-corrected chi connectivity index (χ3v) is 3.40. The van der Waals surface area contributed by atoms with Crippen molar-refractivity contribution in [2.75, 3.05) is 27.0 Å². The minimum atomic E-state index is -0.110. The lowest BCUT2D eigenvalue weighted by Crippen LogP contribution is -2.43. The summed E-state index contributed by atoms with van der Waals surface area (Å²) in [7, 11) is 3.46. The summed E-state index contributed by atoms with van der Waals surface area (Å²) in [6.07, 6.45) is 2.01. The molecule has 0 atom stereocenters. The number of benzene rings is 1. The molecule has 0 spiro atoms. The molecule has 1 amide bonds. The van der Waals surface area contributed by atoms with Crippen LogP contribution < -0.4 is 10.2 Å². The molecule has 0 fully saturated rings. The van der Waals surface area contributed by atoms with E-state index in [-0.39, 0.29) is 5.91 Å². The summed E-state index contributed by atoms with van der Waals surface area (Å²) in [6, 6.07) is 5.93. The number of amidine groups is 1. The van der Waals surface area contributed by atoms with Gasteiger partial charge in [-0.15, -0.1) is 11.8 Å². The summed E-state index contributed by atoms with van der Waals surface area (Å²) in [6.45, 7) is 0.298. The second kappa shape index (κ2) is 5.30. The molecule has 96 valence electrons. The molecule has 1 aliphatic heterocycles. The third-order valence-electron chi connectivity index (χ3n) is 2.68. The standard InChI is InChI=1S/C12H15N3O2S/c1-15-7-11(16)13-14-12(15)9-5-4-8(18-3)6-10(9)17-2/h4-6H,7H2,1-3H3,(H,13,16). The lowest BCUT2D eigenvalue weighted by atomic mass is 10.1. The fourth-order valence-electron chi connectivity index (χ4n) is 1.78. The van der Waals surface area contributed by atoms with Gasteiger partial charge in [-0.25, -0.2) is 5.43 Å². The maximum Gasteiger partial charge on any atom is 0.259 e. The van der Waals surface area contributed by atoms with Crippen molar-refractivity contribution in [1.29, 1.82) is 0 Å². The van der Waals surface area contributed by atoms with Gasteiger partial charge in [0.25, 0.3) is 5.91 Å². The van der Waals surface area contributed by atoms with E-state index in [1.54, 1.807) is 23.8 Å². The number of amides is 1. The van der Waals surface area contributed by atoms with Crippen LogP contribution in [0.2, 0.25) is 0 Å². The molecule has 18 heavy (non-hydrogen) atoms. The van der Waals surface area contributed by atoms with E-state index in [9.17, 15) is 4.79 Å². The van der Waals surface area contributed by atoms with Gasteiger partial charge in [-0.05, 0) is 24.5 Å². The van der Waals surface area contributed by atoms with E-state index in [2.05, 4.69) is 10.5 Å². The first-order chi connectivity index (χ1) is 8.65. The number of thioether (sulfide) groups is 1. The van der Waals surface area contributed by atoms with Crippen LogP contribution >= 0.6 is 11.8 Å². The van der Waals surface area contributed by atoms with Crippen LogP contribution in [0.4, 0.5) is 0 Å². The van der Waals surface area contributed by atoms with Crippen LogP contribution in [0.3, 0.4) is 0 Å². The van der Waals surface area contributed by atoms with Gasteiger partial charge in [0.15, 0.2) is 5.84 Å². The Morgan fingerprint density at radius 3 is 2.89 bits per heavy atom. The van der Waals surface area contributed by atoms with Crippen LogP contribution in [0.25, 0.3) is 0 Å². The van der Waals surface area contributed by atoms with E-state index in [1.165, 1.54) is 0 Å². The van der Waals surface area contributed by atoms with Gasteiger partial charge in [-0.2, -0.15) is 5.10 Å². The monoisotopic (exact) mass is 265 g/mol. The van der Waals surface area contributed by atoms with Crippen LogP contribution in [0, 0.1) is 0 Å². The zero-order valence-corrected chi connectivity index (χ0v) is 11.4. The van der Waals surface area contributed by atoms with E-state index in [0.717, 1.165) is 16.2 Å². The summed E-state index contributed by atoms with van der Waals surface area (Å²) >= 11 is 1.65. The topological polar surface area (TPSA) is 53.9 Å². The Morgan fingerprint density at radius 2 is 2.28 bits per heavy atom. The van der Waals surface area contributed by atoms with Gasteiger partial charge in [0.05, 0.1) is 19.2 Å². The third kappa shape index (κ3) is 2.43. The lowest BCUT2D eigenvalue weighted by Gasteiger charge is -2.25. The summed E-state index contributed by atoms with van der Waals surface area (Å²) in [5.74, 6) is 1.35. The summed E-state index contributed by atoms with van der Waals surface area (Å²) in [4.78, 5) is 14.1. The average Bonchev–Trinajstić information content (AvgIpc) is 2.38. The number of nitrogens with zero attached hydrogens (tertiary/aromatic N) is 2. The Bertz CT molecular complexity index is 502. The Balaban J connectivity index is 2.41. The van der Waals surface area contributed by atoms with Crippen molar-refractivity contribution in [3.8, 4) is 5.75 Å². The highest BCUT2D eigenvalue weighted by molar-refractivity contribution is 7.98. The Hall–Kier alpha value is -1.69. The fourth-order valence-corrected chi connectivity index (χ4v) is 2.20. The predicted molar refractivity (Wildman–Crippen MR) is 72.1 cm³/mol. The Kier molecular flexibility index (Phi) is 3.76. The molecule has 1 aromatic rings. The minimum absolute atomic E-state index is 0.110. The number of methoxy groups -OCH3 is 1. The summed E-state index contributed by atoms with van der Waals surface area (Å²) in [5, 5.41) is 4.08. The van der Waals surface area contributed by atoms with Crippen molar-refractivity contribution in [2.24, 2.45) is 5.10 Å². The molecule has 1 aliphatic rings. The summed E-state index contributed by atoms with van der Waals surface area (Å²) in [5.41, 5.74) is 3.36. The number of hydrogen-bond acceptors (Lipinski definition) is 5. The van der Waals surface area contributed by atoms with Crippen LogP contribution in [0.1, 0.15) is 5.56 Å². The number of rotatable bonds is 3. The molecule has 0 saturated carbocycles. The van der Waals surface area contributed by atoms with Crippen molar-refractivity contribution in [3.63, 3.8) is 0 Å².